The first-order valence-electron chi connectivity index (χ1n) is 6.44. The second-order valence-electron chi connectivity index (χ2n) is 4.43. The molecule has 1 aromatic carbocycles. The van der Waals surface area contributed by atoms with Gasteiger partial charge in [0.25, 0.3) is 0 Å². The fourth-order valence-electron chi connectivity index (χ4n) is 1.97. The molecule has 3 N–H and O–H groups in total. The number of hydrogen-bond acceptors (Lipinski definition) is 6. The number of nitrogen functional groups attached to an aromatic ring is 1. The number of aromatic nitrogens is 3. The van der Waals surface area contributed by atoms with Gasteiger partial charge in [-0.1, -0.05) is 6.92 Å². The fraction of sp³-hybridized carbons (Fsp3) is 0.214. The molecule has 5 nitrogen and oxygen atoms in total. The Bertz CT molecular complexity index is 737. The molecule has 0 fully saturated rings. The van der Waals surface area contributed by atoms with E-state index in [1.807, 2.05) is 24.4 Å². The molecular formula is C14H15N5S. The van der Waals surface area contributed by atoms with Gasteiger partial charge in [0, 0.05) is 22.1 Å². The third-order valence-corrected chi connectivity index (χ3v) is 4.16. The largest absolute Gasteiger partial charge is 0.399 e. The van der Waals surface area contributed by atoms with Crippen molar-refractivity contribution in [2.45, 2.75) is 19.9 Å². The molecule has 2 heterocycles. The van der Waals surface area contributed by atoms with Gasteiger partial charge in [-0.15, -0.1) is 11.3 Å². The Kier molecular flexibility index (Phi) is 3.47. The maximum absolute atomic E-state index is 5.83. The molecule has 0 aliphatic rings. The maximum Gasteiger partial charge on any atom is 0.137 e. The highest BCUT2D eigenvalue weighted by Crippen LogP contribution is 2.22. The Morgan fingerprint density at radius 2 is 2.15 bits per heavy atom. The van der Waals surface area contributed by atoms with Crippen LogP contribution in [0.25, 0.3) is 10.9 Å². The van der Waals surface area contributed by atoms with Crippen LogP contribution in [-0.4, -0.2) is 15.0 Å². The van der Waals surface area contributed by atoms with Crippen molar-refractivity contribution in [3.05, 3.63) is 40.6 Å². The highest BCUT2D eigenvalue weighted by Gasteiger charge is 2.05. The number of benzene rings is 1. The van der Waals surface area contributed by atoms with E-state index in [1.54, 1.807) is 17.7 Å². The lowest BCUT2D eigenvalue weighted by molar-refractivity contribution is 1.07. The first-order chi connectivity index (χ1) is 9.76. The Labute approximate surface area is 120 Å². The highest BCUT2D eigenvalue weighted by atomic mass is 32.1. The predicted octanol–water partition coefficient (Wildman–Crippen LogP) is 2.84. The van der Waals surface area contributed by atoms with Gasteiger partial charge in [0.1, 0.15) is 17.2 Å². The second-order valence-corrected chi connectivity index (χ2v) is 5.63. The van der Waals surface area contributed by atoms with Gasteiger partial charge in [0.05, 0.1) is 12.1 Å². The fourth-order valence-corrected chi connectivity index (χ4v) is 2.77. The number of hydrogen-bond donors (Lipinski definition) is 2. The first-order valence-corrected chi connectivity index (χ1v) is 7.25. The van der Waals surface area contributed by atoms with Crippen molar-refractivity contribution in [3.63, 3.8) is 0 Å². The number of nitrogens with one attached hydrogen (secondary N) is 1. The number of nitrogens with zero attached hydrogens (tertiary/aromatic N) is 3. The van der Waals surface area contributed by atoms with Crippen LogP contribution in [0.3, 0.4) is 0 Å². The average Bonchev–Trinajstić information content (AvgIpc) is 2.93. The summed E-state index contributed by atoms with van der Waals surface area (Å²) in [6.07, 6.45) is 4.50. The first kappa shape index (κ1) is 12.8. The van der Waals surface area contributed by atoms with Crippen LogP contribution in [-0.2, 0) is 13.0 Å². The van der Waals surface area contributed by atoms with Crippen LogP contribution < -0.4 is 11.1 Å². The molecule has 3 aromatic rings. The average molecular weight is 285 g/mol. The summed E-state index contributed by atoms with van der Waals surface area (Å²) in [7, 11) is 0. The summed E-state index contributed by atoms with van der Waals surface area (Å²) in [5, 5.41) is 5.29. The van der Waals surface area contributed by atoms with Gasteiger partial charge in [-0.2, -0.15) is 0 Å². The van der Waals surface area contributed by atoms with Crippen LogP contribution in [0.1, 0.15) is 16.8 Å². The third kappa shape index (κ3) is 2.55. The number of thiazole rings is 1. The topological polar surface area (TPSA) is 76.7 Å². The molecule has 0 unspecified atom stereocenters. The number of aryl methyl sites for hydroxylation is 1. The number of rotatable bonds is 4. The van der Waals surface area contributed by atoms with E-state index in [1.165, 1.54) is 4.88 Å². The van der Waals surface area contributed by atoms with Crippen molar-refractivity contribution in [3.8, 4) is 0 Å². The Balaban J connectivity index is 1.85. The van der Waals surface area contributed by atoms with E-state index in [-0.39, 0.29) is 0 Å². The molecule has 0 atom stereocenters. The summed E-state index contributed by atoms with van der Waals surface area (Å²) >= 11 is 1.72. The van der Waals surface area contributed by atoms with Gasteiger partial charge in [0.15, 0.2) is 0 Å². The molecule has 0 saturated carbocycles. The second kappa shape index (κ2) is 5.42. The molecule has 20 heavy (non-hydrogen) atoms. The van der Waals surface area contributed by atoms with E-state index in [0.29, 0.717) is 12.2 Å². The molecule has 2 aromatic heterocycles. The molecule has 0 radical (unpaired) electrons. The van der Waals surface area contributed by atoms with E-state index in [2.05, 4.69) is 27.2 Å². The molecule has 3 rings (SSSR count). The van der Waals surface area contributed by atoms with Crippen molar-refractivity contribution >= 4 is 33.7 Å². The third-order valence-electron chi connectivity index (χ3n) is 3.02. The zero-order valence-corrected chi connectivity index (χ0v) is 11.9. The molecule has 0 spiro atoms. The molecule has 6 heteroatoms. The van der Waals surface area contributed by atoms with Gasteiger partial charge < -0.3 is 11.1 Å². The Hall–Kier alpha value is -2.21. The maximum atomic E-state index is 5.83. The summed E-state index contributed by atoms with van der Waals surface area (Å²) in [6.45, 7) is 2.79. The molecule has 102 valence electrons. The van der Waals surface area contributed by atoms with Gasteiger partial charge >= 0.3 is 0 Å². The number of fused-ring (bicyclic) bond motifs is 1. The van der Waals surface area contributed by atoms with E-state index in [0.717, 1.165) is 28.1 Å². The van der Waals surface area contributed by atoms with Crippen molar-refractivity contribution in [2.24, 2.45) is 0 Å². The molecule has 0 saturated heterocycles. The van der Waals surface area contributed by atoms with E-state index in [9.17, 15) is 0 Å². The lowest BCUT2D eigenvalue weighted by Gasteiger charge is -2.07. The monoisotopic (exact) mass is 285 g/mol. The zero-order chi connectivity index (χ0) is 13.9. The van der Waals surface area contributed by atoms with Gasteiger partial charge in [0.2, 0.25) is 0 Å². The SMILES string of the molecule is CCc1cnc(CNc2ncnc3ccc(N)cc23)s1. The summed E-state index contributed by atoms with van der Waals surface area (Å²) in [5.41, 5.74) is 7.41. The Morgan fingerprint density at radius 1 is 1.25 bits per heavy atom. The zero-order valence-electron chi connectivity index (χ0n) is 11.1. The predicted molar refractivity (Wildman–Crippen MR) is 82.8 cm³/mol. The Morgan fingerprint density at radius 3 is 2.95 bits per heavy atom. The molecule has 0 amide bonds. The minimum absolute atomic E-state index is 0.658. The van der Waals surface area contributed by atoms with Crippen molar-refractivity contribution in [2.75, 3.05) is 11.1 Å². The molecular weight excluding hydrogens is 270 g/mol. The minimum Gasteiger partial charge on any atom is -0.399 e. The van der Waals surface area contributed by atoms with Crippen LogP contribution in [0.2, 0.25) is 0 Å². The van der Waals surface area contributed by atoms with Crippen LogP contribution in [0.4, 0.5) is 11.5 Å². The lowest BCUT2D eigenvalue weighted by Crippen LogP contribution is -2.02. The molecule has 0 aliphatic heterocycles. The summed E-state index contributed by atoms with van der Waals surface area (Å²) in [6, 6.07) is 5.63. The van der Waals surface area contributed by atoms with E-state index in [4.69, 9.17) is 5.73 Å². The molecule has 0 aliphatic carbocycles. The van der Waals surface area contributed by atoms with Crippen molar-refractivity contribution in [1.29, 1.82) is 0 Å². The van der Waals surface area contributed by atoms with Crippen molar-refractivity contribution < 1.29 is 0 Å². The normalized spacial score (nSPS) is 10.8. The standard InChI is InChI=1S/C14H15N5S/c1-2-10-6-16-13(20-10)7-17-14-11-5-9(15)3-4-12(11)18-8-19-14/h3-6,8H,2,7,15H2,1H3,(H,17,18,19). The van der Waals surface area contributed by atoms with E-state index >= 15 is 0 Å². The summed E-state index contributed by atoms with van der Waals surface area (Å²) in [4.78, 5) is 14.2. The summed E-state index contributed by atoms with van der Waals surface area (Å²) in [5.74, 6) is 0.788. The summed E-state index contributed by atoms with van der Waals surface area (Å²) < 4.78 is 0. The van der Waals surface area contributed by atoms with Crippen LogP contribution in [0.5, 0.6) is 0 Å². The minimum atomic E-state index is 0.658. The van der Waals surface area contributed by atoms with Crippen molar-refractivity contribution in [1.82, 2.24) is 15.0 Å². The lowest BCUT2D eigenvalue weighted by atomic mass is 10.2. The number of anilines is 2. The quantitative estimate of drug-likeness (QED) is 0.721. The number of nitrogens with two attached hydrogens (primary N) is 1. The van der Waals surface area contributed by atoms with Crippen LogP contribution in [0, 0.1) is 0 Å². The van der Waals surface area contributed by atoms with Gasteiger partial charge in [-0.05, 0) is 24.6 Å². The van der Waals surface area contributed by atoms with Gasteiger partial charge in [-0.25, -0.2) is 15.0 Å². The van der Waals surface area contributed by atoms with E-state index < -0.39 is 0 Å². The van der Waals surface area contributed by atoms with Gasteiger partial charge in [-0.3, -0.25) is 0 Å². The molecule has 0 bridgehead atoms. The smallest absolute Gasteiger partial charge is 0.137 e. The van der Waals surface area contributed by atoms with Crippen LogP contribution in [0.15, 0.2) is 30.7 Å². The van der Waals surface area contributed by atoms with Crippen LogP contribution >= 0.6 is 11.3 Å². The highest BCUT2D eigenvalue weighted by molar-refractivity contribution is 7.11.